The normalized spacial score (nSPS) is 10.8. The number of nitrogens with one attached hydrogen (secondary N) is 1. The molecular formula is C21H16Cl2FN5O2. The number of carbonyl (C=O) groups excluding carboxylic acids is 1. The van der Waals surface area contributed by atoms with Gasteiger partial charge in [-0.3, -0.25) is 9.48 Å². The Balaban J connectivity index is 1.40. The number of aromatic nitrogens is 4. The fourth-order valence-electron chi connectivity index (χ4n) is 2.86. The van der Waals surface area contributed by atoms with Crippen LogP contribution in [0.4, 0.5) is 10.1 Å². The van der Waals surface area contributed by atoms with Crippen LogP contribution in [0.1, 0.15) is 16.1 Å². The summed E-state index contributed by atoms with van der Waals surface area (Å²) in [5.74, 6) is -0.288. The molecule has 2 aromatic carbocycles. The van der Waals surface area contributed by atoms with Crippen molar-refractivity contribution < 1.29 is 13.9 Å². The van der Waals surface area contributed by atoms with Gasteiger partial charge in [0.2, 0.25) is 0 Å². The number of halogens is 3. The van der Waals surface area contributed by atoms with Crippen molar-refractivity contribution >= 4 is 34.8 Å². The molecule has 0 aliphatic heterocycles. The van der Waals surface area contributed by atoms with Gasteiger partial charge in [-0.05, 0) is 35.9 Å². The lowest BCUT2D eigenvalue weighted by Gasteiger charge is -2.10. The maximum absolute atomic E-state index is 13.2. The van der Waals surface area contributed by atoms with Gasteiger partial charge in [-0.15, -0.1) is 0 Å². The zero-order chi connectivity index (χ0) is 21.8. The van der Waals surface area contributed by atoms with E-state index in [1.165, 1.54) is 29.2 Å². The van der Waals surface area contributed by atoms with Crippen LogP contribution in [0.5, 0.6) is 5.75 Å². The number of benzene rings is 2. The predicted octanol–water partition coefficient (Wildman–Crippen LogP) is 4.86. The Morgan fingerprint density at radius 2 is 1.94 bits per heavy atom. The summed E-state index contributed by atoms with van der Waals surface area (Å²) in [6, 6.07) is 12.8. The smallest absolute Gasteiger partial charge is 0.274 e. The Morgan fingerprint density at radius 3 is 2.74 bits per heavy atom. The molecule has 31 heavy (non-hydrogen) atoms. The lowest BCUT2D eigenvalue weighted by Crippen LogP contribution is -2.19. The van der Waals surface area contributed by atoms with E-state index in [4.69, 9.17) is 27.9 Å². The van der Waals surface area contributed by atoms with Crippen molar-refractivity contribution in [1.29, 1.82) is 0 Å². The number of hydrogen-bond donors (Lipinski definition) is 1. The number of hydrogen-bond acceptors (Lipinski definition) is 4. The van der Waals surface area contributed by atoms with Crippen molar-refractivity contribution in [2.24, 2.45) is 0 Å². The summed E-state index contributed by atoms with van der Waals surface area (Å²) < 4.78 is 21.8. The molecule has 0 saturated carbocycles. The van der Waals surface area contributed by atoms with Gasteiger partial charge in [0, 0.05) is 17.4 Å². The standard InChI is InChI=1S/C21H16Cl2FN5O2/c22-17-3-1-2-4-20(17)31-13-29-19(7-8-25-29)21(30)27-16-10-26-28(12-16)11-14-5-6-15(24)9-18(14)23/h1-10,12H,11,13H2,(H,27,30). The predicted molar refractivity (Wildman–Crippen MR) is 115 cm³/mol. The first-order valence-electron chi connectivity index (χ1n) is 9.16. The fraction of sp³-hybridized carbons (Fsp3) is 0.0952. The van der Waals surface area contributed by atoms with E-state index in [9.17, 15) is 9.18 Å². The first-order chi connectivity index (χ1) is 15.0. The molecule has 2 heterocycles. The van der Waals surface area contributed by atoms with Crippen molar-refractivity contribution in [2.75, 3.05) is 5.32 Å². The van der Waals surface area contributed by atoms with Gasteiger partial charge in [-0.2, -0.15) is 10.2 Å². The van der Waals surface area contributed by atoms with E-state index in [2.05, 4.69) is 15.5 Å². The van der Waals surface area contributed by atoms with Gasteiger partial charge in [0.1, 0.15) is 17.3 Å². The SMILES string of the molecule is O=C(Nc1cnn(Cc2ccc(F)cc2Cl)c1)c1ccnn1COc1ccccc1Cl. The van der Waals surface area contributed by atoms with E-state index >= 15 is 0 Å². The lowest BCUT2D eigenvalue weighted by molar-refractivity contribution is 0.100. The summed E-state index contributed by atoms with van der Waals surface area (Å²) >= 11 is 12.1. The van der Waals surface area contributed by atoms with E-state index in [1.54, 1.807) is 47.3 Å². The summed E-state index contributed by atoms with van der Waals surface area (Å²) in [6.07, 6.45) is 4.67. The highest BCUT2D eigenvalue weighted by atomic mass is 35.5. The number of amides is 1. The third-order valence-electron chi connectivity index (χ3n) is 4.37. The molecule has 2 aromatic heterocycles. The summed E-state index contributed by atoms with van der Waals surface area (Å²) in [5, 5.41) is 11.9. The van der Waals surface area contributed by atoms with Crippen LogP contribution in [0.3, 0.4) is 0 Å². The highest BCUT2D eigenvalue weighted by Crippen LogP contribution is 2.23. The van der Waals surface area contributed by atoms with E-state index in [0.717, 1.165) is 0 Å². The van der Waals surface area contributed by atoms with Gasteiger partial charge < -0.3 is 10.1 Å². The van der Waals surface area contributed by atoms with Gasteiger partial charge in [-0.25, -0.2) is 9.07 Å². The van der Waals surface area contributed by atoms with Gasteiger partial charge >= 0.3 is 0 Å². The number of carbonyl (C=O) groups is 1. The van der Waals surface area contributed by atoms with Gasteiger partial charge in [-0.1, -0.05) is 41.4 Å². The monoisotopic (exact) mass is 459 g/mol. The van der Waals surface area contributed by atoms with Crippen LogP contribution in [0, 0.1) is 5.82 Å². The van der Waals surface area contributed by atoms with E-state index in [0.29, 0.717) is 39.3 Å². The zero-order valence-corrected chi connectivity index (χ0v) is 17.5. The molecule has 0 fully saturated rings. The first-order valence-corrected chi connectivity index (χ1v) is 9.92. The van der Waals surface area contributed by atoms with Crippen LogP contribution in [0.2, 0.25) is 10.0 Å². The molecule has 4 aromatic rings. The van der Waals surface area contributed by atoms with Crippen molar-refractivity contribution in [1.82, 2.24) is 19.6 Å². The minimum Gasteiger partial charge on any atom is -0.470 e. The summed E-state index contributed by atoms with van der Waals surface area (Å²) in [5.41, 5.74) is 1.50. The van der Waals surface area contributed by atoms with Crippen molar-refractivity contribution in [3.05, 3.63) is 94.2 Å². The van der Waals surface area contributed by atoms with Crippen molar-refractivity contribution in [2.45, 2.75) is 13.3 Å². The van der Waals surface area contributed by atoms with Crippen molar-refractivity contribution in [3.8, 4) is 5.75 Å². The number of ether oxygens (including phenoxy) is 1. The van der Waals surface area contributed by atoms with Gasteiger partial charge in [0.25, 0.3) is 5.91 Å². The van der Waals surface area contributed by atoms with Crippen molar-refractivity contribution in [3.63, 3.8) is 0 Å². The molecule has 0 aliphatic rings. The molecule has 0 atom stereocenters. The molecule has 0 unspecified atom stereocenters. The van der Waals surface area contributed by atoms with Crippen LogP contribution < -0.4 is 10.1 Å². The Hall–Kier alpha value is -3.36. The molecule has 158 valence electrons. The quantitative estimate of drug-likeness (QED) is 0.428. The third-order valence-corrected chi connectivity index (χ3v) is 5.03. The molecule has 7 nitrogen and oxygen atoms in total. The average Bonchev–Trinajstić information content (AvgIpc) is 3.39. The Labute approximate surface area is 187 Å². The molecule has 1 amide bonds. The molecule has 10 heteroatoms. The number of anilines is 1. The van der Waals surface area contributed by atoms with Crippen LogP contribution in [-0.2, 0) is 13.3 Å². The first kappa shape index (κ1) is 20.9. The van der Waals surface area contributed by atoms with Gasteiger partial charge in [0.15, 0.2) is 6.73 Å². The topological polar surface area (TPSA) is 74.0 Å². The minimum absolute atomic E-state index is 0.0157. The van der Waals surface area contributed by atoms with E-state index in [1.807, 2.05) is 0 Å². The maximum Gasteiger partial charge on any atom is 0.274 e. The Bertz CT molecular complexity index is 1220. The maximum atomic E-state index is 13.2. The summed E-state index contributed by atoms with van der Waals surface area (Å²) in [4.78, 5) is 12.7. The second-order valence-corrected chi connectivity index (χ2v) is 7.35. The second kappa shape index (κ2) is 9.20. The lowest BCUT2D eigenvalue weighted by atomic mass is 10.2. The fourth-order valence-corrected chi connectivity index (χ4v) is 3.27. The molecule has 0 radical (unpaired) electrons. The highest BCUT2D eigenvalue weighted by Gasteiger charge is 2.14. The van der Waals surface area contributed by atoms with Gasteiger partial charge in [0.05, 0.1) is 23.5 Å². The van der Waals surface area contributed by atoms with Crippen LogP contribution >= 0.6 is 23.2 Å². The highest BCUT2D eigenvalue weighted by molar-refractivity contribution is 6.32. The van der Waals surface area contributed by atoms with Crippen LogP contribution in [0.25, 0.3) is 0 Å². The average molecular weight is 460 g/mol. The molecule has 4 rings (SSSR count). The largest absolute Gasteiger partial charge is 0.470 e. The molecular weight excluding hydrogens is 444 g/mol. The molecule has 0 spiro atoms. The summed E-state index contributed by atoms with van der Waals surface area (Å²) in [7, 11) is 0. The number of nitrogens with zero attached hydrogens (tertiary/aromatic N) is 4. The van der Waals surface area contributed by atoms with E-state index in [-0.39, 0.29) is 12.6 Å². The second-order valence-electron chi connectivity index (χ2n) is 6.54. The zero-order valence-electron chi connectivity index (χ0n) is 16.0. The Kier molecular flexibility index (Phi) is 6.20. The van der Waals surface area contributed by atoms with E-state index < -0.39 is 5.82 Å². The molecule has 0 aliphatic carbocycles. The molecule has 0 saturated heterocycles. The summed E-state index contributed by atoms with van der Waals surface area (Å²) in [6.45, 7) is 0.348. The third kappa shape index (κ3) is 5.04. The molecule has 0 bridgehead atoms. The van der Waals surface area contributed by atoms with Crippen LogP contribution in [-0.4, -0.2) is 25.5 Å². The van der Waals surface area contributed by atoms with Crippen LogP contribution in [0.15, 0.2) is 67.1 Å². The molecule has 1 N–H and O–H groups in total. The minimum atomic E-state index is -0.405. The number of para-hydroxylation sites is 1. The number of rotatable bonds is 7. The Morgan fingerprint density at radius 1 is 1.10 bits per heavy atom.